The maximum absolute atomic E-state index is 5.00. The second kappa shape index (κ2) is 21.4. The minimum Gasteiger partial charge on any atom is -0.385 e. The van der Waals surface area contributed by atoms with Crippen molar-refractivity contribution in [1.82, 2.24) is 20.7 Å². The topological polar surface area (TPSA) is 55.3 Å². The average molecular weight is 541 g/mol. The van der Waals surface area contributed by atoms with Gasteiger partial charge in [0.15, 0.2) is 0 Å². The minimum atomic E-state index is 0. The van der Waals surface area contributed by atoms with Crippen molar-refractivity contribution in [3.63, 3.8) is 0 Å². The van der Waals surface area contributed by atoms with Crippen LogP contribution in [-0.2, 0) is 0 Å². The fourth-order valence-corrected chi connectivity index (χ4v) is 4.53. The molecule has 3 aliphatic rings. The third-order valence-corrected chi connectivity index (χ3v) is 6.70. The molecule has 0 aromatic heterocycles. The van der Waals surface area contributed by atoms with E-state index in [9.17, 15) is 0 Å². The van der Waals surface area contributed by atoms with Crippen LogP contribution in [0.25, 0.3) is 0 Å². The highest BCUT2D eigenvalue weighted by Gasteiger charge is 2.16. The van der Waals surface area contributed by atoms with Crippen LogP contribution in [0.5, 0.6) is 0 Å². The van der Waals surface area contributed by atoms with Crippen LogP contribution in [0.15, 0.2) is 69.9 Å². The number of aliphatic imine (C=N–C) groups is 2. The Morgan fingerprint density at radius 2 is 1.95 bits per heavy atom. The summed E-state index contributed by atoms with van der Waals surface area (Å²) >= 11 is 0. The first-order valence-electron chi connectivity index (χ1n) is 15.3. The number of hydrogen-bond donors (Lipinski definition) is 2. The van der Waals surface area contributed by atoms with Gasteiger partial charge < -0.3 is 10.7 Å². The van der Waals surface area contributed by atoms with Gasteiger partial charge in [-0.15, -0.1) is 0 Å². The Morgan fingerprint density at radius 3 is 2.56 bits per heavy atom. The van der Waals surface area contributed by atoms with Crippen molar-refractivity contribution in [2.45, 2.75) is 112 Å². The van der Waals surface area contributed by atoms with E-state index in [1.807, 2.05) is 39.1 Å². The van der Waals surface area contributed by atoms with Crippen LogP contribution < -0.4 is 10.7 Å². The molecule has 0 spiro atoms. The normalized spacial score (nSPS) is 20.5. The molecule has 2 N–H and O–H groups in total. The number of piperidine rings is 1. The molecule has 3 rings (SSSR count). The highest BCUT2D eigenvalue weighted by Crippen LogP contribution is 2.16. The fourth-order valence-electron chi connectivity index (χ4n) is 4.53. The first-order valence-corrected chi connectivity index (χ1v) is 15.3. The molecule has 39 heavy (non-hydrogen) atoms. The summed E-state index contributed by atoms with van der Waals surface area (Å²) in [4.78, 5) is 12.4. The first kappa shape index (κ1) is 34.6. The van der Waals surface area contributed by atoms with Gasteiger partial charge in [0.25, 0.3) is 0 Å². The molecule has 0 aromatic rings. The number of hydrazine groups is 1. The number of allylic oxidation sites excluding steroid dienone is 7. The summed E-state index contributed by atoms with van der Waals surface area (Å²) in [5.74, 6) is 1.90. The molecule has 1 saturated heterocycles. The number of amidine groups is 2. The molecule has 0 saturated carbocycles. The molecular formula is C33H60N6. The number of rotatable bonds is 9. The van der Waals surface area contributed by atoms with Crippen LogP contribution >= 0.6 is 0 Å². The van der Waals surface area contributed by atoms with Crippen molar-refractivity contribution in [3.8, 4) is 0 Å². The zero-order chi connectivity index (χ0) is 28.9. The monoisotopic (exact) mass is 540 g/mol. The van der Waals surface area contributed by atoms with E-state index in [0.29, 0.717) is 6.04 Å². The van der Waals surface area contributed by atoms with Gasteiger partial charge in [-0.1, -0.05) is 81.2 Å². The zero-order valence-corrected chi connectivity index (χ0v) is 26.3. The van der Waals surface area contributed by atoms with Crippen molar-refractivity contribution in [1.29, 1.82) is 0 Å². The molecule has 0 aromatic carbocycles. The standard InChI is InChI=1S/C25H43N5.C6H9N.C2H6.H2/c1-6-7-15-25(27-23(4)30-17-11-8-12-18-30)26-22(3)28-29(5)19-16-24-14-10-9-13-21(2)20-24;1-6-4-2-3-5-7-6;1-2;/h9-10,13,20,23H,6-8,11-12,14-19H2,1-5H3,(H,26,27,28);2-7H,1H3;1-2H3;1H. The van der Waals surface area contributed by atoms with Gasteiger partial charge in [-0.2, -0.15) is 0 Å². The average Bonchev–Trinajstić information content (AvgIpc) is 3.16. The molecular weight excluding hydrogens is 480 g/mol. The number of nitrogens with one attached hydrogen (secondary N) is 2. The van der Waals surface area contributed by atoms with Crippen molar-refractivity contribution in [2.75, 3.05) is 26.7 Å². The van der Waals surface area contributed by atoms with Gasteiger partial charge in [0.2, 0.25) is 0 Å². The molecule has 2 aliphatic heterocycles. The summed E-state index contributed by atoms with van der Waals surface area (Å²) < 4.78 is 0. The minimum absolute atomic E-state index is 0. The highest BCUT2D eigenvalue weighted by atomic mass is 15.5. The van der Waals surface area contributed by atoms with Gasteiger partial charge in [-0.3, -0.25) is 9.89 Å². The summed E-state index contributed by atoms with van der Waals surface area (Å²) in [6.07, 6.45) is 26.5. The lowest BCUT2D eigenvalue weighted by atomic mass is 10.1. The summed E-state index contributed by atoms with van der Waals surface area (Å²) in [6.45, 7) is 18.0. The quantitative estimate of drug-likeness (QED) is 0.178. The molecule has 222 valence electrons. The fraction of sp³-hybridized carbons (Fsp3) is 0.636. The Labute approximate surface area is 242 Å². The van der Waals surface area contributed by atoms with Crippen molar-refractivity contribution in [3.05, 3.63) is 59.9 Å². The highest BCUT2D eigenvalue weighted by molar-refractivity contribution is 5.95. The Balaban J connectivity index is 0.00000130. The summed E-state index contributed by atoms with van der Waals surface area (Å²) in [5.41, 5.74) is 6.23. The van der Waals surface area contributed by atoms with E-state index >= 15 is 0 Å². The second-order valence-corrected chi connectivity index (χ2v) is 10.4. The second-order valence-electron chi connectivity index (χ2n) is 10.4. The molecule has 6 heteroatoms. The lowest BCUT2D eigenvalue weighted by Crippen LogP contribution is -2.39. The zero-order valence-electron chi connectivity index (χ0n) is 26.3. The largest absolute Gasteiger partial charge is 0.385 e. The van der Waals surface area contributed by atoms with Crippen LogP contribution in [0.2, 0.25) is 0 Å². The Bertz CT molecular complexity index is 877. The molecule has 2 unspecified atom stereocenters. The van der Waals surface area contributed by atoms with Crippen LogP contribution in [0.3, 0.4) is 0 Å². The third-order valence-electron chi connectivity index (χ3n) is 6.70. The van der Waals surface area contributed by atoms with Crippen LogP contribution in [0.4, 0.5) is 0 Å². The lowest BCUT2D eigenvalue weighted by molar-refractivity contribution is 0.178. The molecule has 0 bridgehead atoms. The number of likely N-dealkylation sites (tertiary alicyclic amines) is 1. The van der Waals surface area contributed by atoms with Gasteiger partial charge in [0, 0.05) is 40.6 Å². The van der Waals surface area contributed by atoms with E-state index in [1.54, 1.807) is 0 Å². The van der Waals surface area contributed by atoms with Crippen molar-refractivity contribution >= 4 is 11.7 Å². The molecule has 2 heterocycles. The maximum Gasteiger partial charge on any atom is 0.127 e. The summed E-state index contributed by atoms with van der Waals surface area (Å²) in [5, 5.41) is 5.25. The smallest absolute Gasteiger partial charge is 0.127 e. The van der Waals surface area contributed by atoms with E-state index in [4.69, 9.17) is 9.98 Å². The predicted octanol–water partition coefficient (Wildman–Crippen LogP) is 7.80. The SMILES string of the molecule is CC.CC1C=CC=CN1.CCCC/C(N=C(C)NN(C)CCC1=CC(C)=CC=CC1)=N/C(C)N1CCCCC1.[HH]. The van der Waals surface area contributed by atoms with Gasteiger partial charge in [-0.25, -0.2) is 10.0 Å². The van der Waals surface area contributed by atoms with E-state index in [0.717, 1.165) is 63.4 Å². The van der Waals surface area contributed by atoms with Gasteiger partial charge >= 0.3 is 0 Å². The molecule has 1 aliphatic carbocycles. The van der Waals surface area contributed by atoms with Crippen LogP contribution in [-0.4, -0.2) is 60.5 Å². The number of nitrogens with zero attached hydrogens (tertiary/aromatic N) is 4. The van der Waals surface area contributed by atoms with Gasteiger partial charge in [-0.05, 0) is 72.1 Å². The van der Waals surface area contributed by atoms with Crippen LogP contribution in [0.1, 0.15) is 101 Å². The number of dihydropyridines is 1. The summed E-state index contributed by atoms with van der Waals surface area (Å²) in [6, 6.07) is 0.519. The first-order chi connectivity index (χ1) is 18.9. The maximum atomic E-state index is 5.00. The molecule has 0 radical (unpaired) electrons. The molecule has 1 fully saturated rings. The Morgan fingerprint density at radius 1 is 1.21 bits per heavy atom. The van der Waals surface area contributed by atoms with E-state index in [2.05, 4.69) is 85.8 Å². The number of hydrogen-bond acceptors (Lipinski definition) is 4. The Hall–Kier alpha value is -2.44. The van der Waals surface area contributed by atoms with Gasteiger partial charge in [0.1, 0.15) is 17.8 Å². The van der Waals surface area contributed by atoms with Crippen LogP contribution in [0, 0.1) is 0 Å². The van der Waals surface area contributed by atoms with Crippen molar-refractivity contribution in [2.24, 2.45) is 9.98 Å². The third kappa shape index (κ3) is 16.3. The Kier molecular flexibility index (Phi) is 19.0. The van der Waals surface area contributed by atoms with E-state index in [1.165, 1.54) is 30.4 Å². The predicted molar refractivity (Wildman–Crippen MR) is 175 cm³/mol. The van der Waals surface area contributed by atoms with E-state index < -0.39 is 0 Å². The molecule has 0 amide bonds. The van der Waals surface area contributed by atoms with Gasteiger partial charge in [0.05, 0.1) is 0 Å². The number of unbranched alkanes of at least 4 members (excludes halogenated alkanes) is 1. The molecule has 2 atom stereocenters. The molecule has 6 nitrogen and oxygen atoms in total. The lowest BCUT2D eigenvalue weighted by Gasteiger charge is -2.30. The van der Waals surface area contributed by atoms with E-state index in [-0.39, 0.29) is 7.59 Å². The van der Waals surface area contributed by atoms with Crippen molar-refractivity contribution < 1.29 is 1.43 Å². The summed E-state index contributed by atoms with van der Waals surface area (Å²) in [7, 11) is 2.09.